The summed E-state index contributed by atoms with van der Waals surface area (Å²) in [7, 11) is 0. The Morgan fingerprint density at radius 2 is 2.10 bits per heavy atom. The molecule has 0 saturated carbocycles. The molecule has 29 heavy (non-hydrogen) atoms. The Hall–Kier alpha value is -2.67. The minimum Gasteiger partial charge on any atom is -0.453 e. The molecule has 0 radical (unpaired) electrons. The maximum atomic E-state index is 14.4. The minimum absolute atomic E-state index is 0.177. The second-order valence-corrected chi connectivity index (χ2v) is 6.87. The molecule has 1 fully saturated rings. The van der Waals surface area contributed by atoms with Gasteiger partial charge < -0.3 is 19.7 Å². The number of piperidine rings is 1. The molecule has 0 bridgehead atoms. The van der Waals surface area contributed by atoms with Crippen LogP contribution in [0.2, 0.25) is 0 Å². The van der Waals surface area contributed by atoms with E-state index < -0.39 is 5.82 Å². The van der Waals surface area contributed by atoms with Gasteiger partial charge in [0.05, 0.1) is 18.8 Å². The molecule has 1 saturated heterocycles. The fourth-order valence-electron chi connectivity index (χ4n) is 3.32. The van der Waals surface area contributed by atoms with Gasteiger partial charge in [0.25, 0.3) is 0 Å². The van der Waals surface area contributed by atoms with E-state index in [1.807, 2.05) is 19.9 Å². The zero-order chi connectivity index (χ0) is 20.5. The van der Waals surface area contributed by atoms with Crippen molar-refractivity contribution in [3.8, 4) is 11.5 Å². The highest BCUT2D eigenvalue weighted by molar-refractivity contribution is 5.80. The van der Waals surface area contributed by atoms with Gasteiger partial charge in [0.15, 0.2) is 17.5 Å². The van der Waals surface area contributed by atoms with Crippen LogP contribution in [0.4, 0.5) is 4.39 Å². The van der Waals surface area contributed by atoms with E-state index >= 15 is 0 Å². The second-order valence-electron chi connectivity index (χ2n) is 6.87. The van der Waals surface area contributed by atoms with Crippen molar-refractivity contribution in [2.75, 3.05) is 26.2 Å². The molecular formula is C22H29FN4O2. The van der Waals surface area contributed by atoms with Crippen LogP contribution < -0.4 is 10.1 Å². The van der Waals surface area contributed by atoms with Crippen LogP contribution >= 0.6 is 0 Å². The van der Waals surface area contributed by atoms with Crippen molar-refractivity contribution in [2.45, 2.75) is 39.3 Å². The Labute approximate surface area is 171 Å². The molecule has 0 atom stereocenters. The SMILES string of the molecule is CCNC(=NCc1ccc(Oc2cccnc2)c(F)c1)N1CCC(OCC)CC1. The second kappa shape index (κ2) is 10.8. The summed E-state index contributed by atoms with van der Waals surface area (Å²) in [6.07, 6.45) is 5.52. The Bertz CT molecular complexity index is 793. The van der Waals surface area contributed by atoms with Gasteiger partial charge in [-0.05, 0) is 56.5 Å². The predicted molar refractivity (Wildman–Crippen MR) is 112 cm³/mol. The van der Waals surface area contributed by atoms with E-state index in [4.69, 9.17) is 14.5 Å². The average Bonchev–Trinajstić information content (AvgIpc) is 2.74. The first-order valence-corrected chi connectivity index (χ1v) is 10.2. The highest BCUT2D eigenvalue weighted by Gasteiger charge is 2.21. The lowest BCUT2D eigenvalue weighted by Crippen LogP contribution is -2.47. The fourth-order valence-corrected chi connectivity index (χ4v) is 3.32. The van der Waals surface area contributed by atoms with Crippen molar-refractivity contribution in [3.05, 3.63) is 54.1 Å². The van der Waals surface area contributed by atoms with Gasteiger partial charge in [-0.15, -0.1) is 0 Å². The Balaban J connectivity index is 1.62. The number of benzene rings is 1. The first-order valence-electron chi connectivity index (χ1n) is 10.2. The first kappa shape index (κ1) is 21.0. The molecule has 0 amide bonds. The largest absolute Gasteiger partial charge is 0.453 e. The number of nitrogens with one attached hydrogen (secondary N) is 1. The highest BCUT2D eigenvalue weighted by atomic mass is 19.1. The number of halogens is 1. The summed E-state index contributed by atoms with van der Waals surface area (Å²) < 4.78 is 25.7. The van der Waals surface area contributed by atoms with Crippen molar-refractivity contribution >= 4 is 5.96 Å². The third-order valence-corrected chi connectivity index (χ3v) is 4.75. The molecule has 0 spiro atoms. The summed E-state index contributed by atoms with van der Waals surface area (Å²) in [5.41, 5.74) is 0.792. The van der Waals surface area contributed by atoms with Gasteiger partial charge in [0.2, 0.25) is 0 Å². The van der Waals surface area contributed by atoms with Crippen LogP contribution in [0.3, 0.4) is 0 Å². The van der Waals surface area contributed by atoms with E-state index in [-0.39, 0.29) is 5.75 Å². The van der Waals surface area contributed by atoms with Gasteiger partial charge in [-0.2, -0.15) is 0 Å². The summed E-state index contributed by atoms with van der Waals surface area (Å²) in [5, 5.41) is 3.34. The molecule has 6 nitrogen and oxygen atoms in total. The van der Waals surface area contributed by atoms with Gasteiger partial charge in [-0.25, -0.2) is 9.38 Å². The molecule has 2 heterocycles. The average molecular weight is 400 g/mol. The third kappa shape index (κ3) is 6.15. The molecule has 1 aliphatic heterocycles. The van der Waals surface area contributed by atoms with E-state index in [1.165, 1.54) is 6.07 Å². The van der Waals surface area contributed by atoms with E-state index in [0.717, 1.165) is 50.6 Å². The van der Waals surface area contributed by atoms with Crippen LogP contribution in [0, 0.1) is 5.82 Å². The highest BCUT2D eigenvalue weighted by Crippen LogP contribution is 2.24. The molecule has 7 heteroatoms. The lowest BCUT2D eigenvalue weighted by atomic mass is 10.1. The lowest BCUT2D eigenvalue weighted by Gasteiger charge is -2.34. The smallest absolute Gasteiger partial charge is 0.194 e. The van der Waals surface area contributed by atoms with Crippen molar-refractivity contribution in [3.63, 3.8) is 0 Å². The van der Waals surface area contributed by atoms with Gasteiger partial charge in [-0.1, -0.05) is 6.07 Å². The maximum Gasteiger partial charge on any atom is 0.194 e. The minimum atomic E-state index is -0.413. The Morgan fingerprint density at radius 1 is 1.28 bits per heavy atom. The summed E-state index contributed by atoms with van der Waals surface area (Å²) >= 11 is 0. The maximum absolute atomic E-state index is 14.4. The molecule has 1 aliphatic rings. The molecule has 1 N–H and O–H groups in total. The molecule has 1 aromatic carbocycles. The van der Waals surface area contributed by atoms with E-state index in [1.54, 1.807) is 30.6 Å². The first-order chi connectivity index (χ1) is 14.2. The number of hydrogen-bond acceptors (Lipinski definition) is 4. The number of hydrogen-bond donors (Lipinski definition) is 1. The molecule has 156 valence electrons. The third-order valence-electron chi connectivity index (χ3n) is 4.75. The molecule has 1 aromatic heterocycles. The number of nitrogens with zero attached hydrogens (tertiary/aromatic N) is 3. The quantitative estimate of drug-likeness (QED) is 0.563. The van der Waals surface area contributed by atoms with Gasteiger partial charge in [0.1, 0.15) is 5.75 Å². The molecule has 3 rings (SSSR count). The zero-order valence-corrected chi connectivity index (χ0v) is 17.1. The number of ether oxygens (including phenoxy) is 2. The number of aromatic nitrogens is 1. The summed E-state index contributed by atoms with van der Waals surface area (Å²) in [6.45, 7) is 7.83. The van der Waals surface area contributed by atoms with Crippen molar-refractivity contribution in [1.82, 2.24) is 15.2 Å². The Kier molecular flexibility index (Phi) is 7.81. The molecule has 2 aromatic rings. The van der Waals surface area contributed by atoms with Crippen molar-refractivity contribution in [2.24, 2.45) is 4.99 Å². The van der Waals surface area contributed by atoms with Crippen molar-refractivity contribution in [1.29, 1.82) is 0 Å². The van der Waals surface area contributed by atoms with E-state index in [2.05, 4.69) is 15.2 Å². The summed E-state index contributed by atoms with van der Waals surface area (Å²) in [4.78, 5) is 10.9. The van der Waals surface area contributed by atoms with Crippen LogP contribution in [-0.2, 0) is 11.3 Å². The fraction of sp³-hybridized carbons (Fsp3) is 0.455. The predicted octanol–water partition coefficient (Wildman–Crippen LogP) is 3.98. The topological polar surface area (TPSA) is 59.0 Å². The number of rotatable bonds is 7. The number of aliphatic imine (C=N–C) groups is 1. The standard InChI is InChI=1S/C22H29FN4O2/c1-3-25-22(27-12-9-18(10-13-27)28-4-2)26-15-17-7-8-21(20(23)14-17)29-19-6-5-11-24-16-19/h5-8,11,14,16,18H,3-4,9-10,12-13,15H2,1-2H3,(H,25,26). The van der Waals surface area contributed by atoms with Crippen molar-refractivity contribution < 1.29 is 13.9 Å². The van der Waals surface area contributed by atoms with Gasteiger partial charge in [0, 0.05) is 32.4 Å². The van der Waals surface area contributed by atoms with Crippen LogP contribution in [0.25, 0.3) is 0 Å². The zero-order valence-electron chi connectivity index (χ0n) is 17.1. The summed E-state index contributed by atoms with van der Waals surface area (Å²) in [6, 6.07) is 8.43. The normalized spacial score (nSPS) is 15.4. The molecule has 0 unspecified atom stereocenters. The molecule has 0 aliphatic carbocycles. The van der Waals surface area contributed by atoms with Crippen LogP contribution in [0.15, 0.2) is 47.7 Å². The summed E-state index contributed by atoms with van der Waals surface area (Å²) in [5.74, 6) is 1.13. The lowest BCUT2D eigenvalue weighted by molar-refractivity contribution is 0.0263. The van der Waals surface area contributed by atoms with E-state index in [0.29, 0.717) is 18.4 Å². The van der Waals surface area contributed by atoms with Gasteiger partial charge in [-0.3, -0.25) is 4.98 Å². The van der Waals surface area contributed by atoms with Crippen LogP contribution in [0.1, 0.15) is 32.3 Å². The number of pyridine rings is 1. The van der Waals surface area contributed by atoms with Gasteiger partial charge >= 0.3 is 0 Å². The number of guanidine groups is 1. The van der Waals surface area contributed by atoms with E-state index in [9.17, 15) is 4.39 Å². The Morgan fingerprint density at radius 3 is 2.76 bits per heavy atom. The van der Waals surface area contributed by atoms with Crippen LogP contribution in [-0.4, -0.2) is 48.2 Å². The number of likely N-dealkylation sites (tertiary alicyclic amines) is 1. The monoisotopic (exact) mass is 400 g/mol. The van der Waals surface area contributed by atoms with Crippen LogP contribution in [0.5, 0.6) is 11.5 Å². The molecular weight excluding hydrogens is 371 g/mol.